The first-order chi connectivity index (χ1) is 7.66. The molecule has 6 heteroatoms. The van der Waals surface area contributed by atoms with E-state index in [1.165, 1.54) is 18.2 Å². The van der Waals surface area contributed by atoms with Crippen LogP contribution in [0.3, 0.4) is 0 Å². The molecule has 2 rings (SSSR count). The van der Waals surface area contributed by atoms with Gasteiger partial charge in [0.15, 0.2) is 5.82 Å². The molecule has 0 atom stereocenters. The van der Waals surface area contributed by atoms with Crippen LogP contribution >= 0.6 is 0 Å². The van der Waals surface area contributed by atoms with E-state index in [9.17, 15) is 9.18 Å². The van der Waals surface area contributed by atoms with Gasteiger partial charge in [-0.1, -0.05) is 17.3 Å². The molecule has 0 fully saturated rings. The number of nitrogens with one attached hydrogen (secondary N) is 1. The Morgan fingerprint density at radius 2 is 2.19 bits per heavy atom. The molecule has 0 spiro atoms. The maximum absolute atomic E-state index is 13.2. The maximum atomic E-state index is 13.2. The fourth-order valence-corrected chi connectivity index (χ4v) is 1.16. The van der Waals surface area contributed by atoms with E-state index in [4.69, 9.17) is 0 Å². The minimum atomic E-state index is -0.623. The third-order valence-corrected chi connectivity index (χ3v) is 1.87. The van der Waals surface area contributed by atoms with Gasteiger partial charge in [0.25, 0.3) is 5.91 Å². The Hall–Kier alpha value is -2.24. The summed E-state index contributed by atoms with van der Waals surface area (Å²) in [6.45, 7) is 1.61. The first-order valence-corrected chi connectivity index (χ1v) is 4.53. The van der Waals surface area contributed by atoms with Crippen molar-refractivity contribution in [2.75, 3.05) is 5.32 Å². The van der Waals surface area contributed by atoms with Gasteiger partial charge in [-0.05, 0) is 19.1 Å². The van der Waals surface area contributed by atoms with Gasteiger partial charge in [0.2, 0.25) is 0 Å². The van der Waals surface area contributed by atoms with Gasteiger partial charge >= 0.3 is 6.01 Å². The molecular weight excluding hydrogens is 213 g/mol. The fourth-order valence-electron chi connectivity index (χ4n) is 1.16. The molecule has 0 saturated carbocycles. The number of halogens is 1. The summed E-state index contributed by atoms with van der Waals surface area (Å²) in [7, 11) is 0. The molecule has 5 nitrogen and oxygen atoms in total. The normalized spacial score (nSPS) is 10.1. The molecule has 1 aromatic carbocycles. The van der Waals surface area contributed by atoms with E-state index in [1.54, 1.807) is 13.0 Å². The second-order valence-electron chi connectivity index (χ2n) is 3.08. The molecule has 0 aliphatic heterocycles. The van der Waals surface area contributed by atoms with Crippen LogP contribution in [0.1, 0.15) is 16.2 Å². The minimum absolute atomic E-state index is 0.0502. The van der Waals surface area contributed by atoms with E-state index < -0.39 is 11.7 Å². The predicted molar refractivity (Wildman–Crippen MR) is 53.4 cm³/mol. The molecule has 0 saturated heterocycles. The average molecular weight is 221 g/mol. The van der Waals surface area contributed by atoms with E-state index in [0.717, 1.165) is 0 Å². The van der Waals surface area contributed by atoms with Crippen molar-refractivity contribution in [3.05, 3.63) is 41.5 Å². The summed E-state index contributed by atoms with van der Waals surface area (Å²) in [5.41, 5.74) is -0.0710. The zero-order valence-electron chi connectivity index (χ0n) is 8.40. The topological polar surface area (TPSA) is 68.0 Å². The highest BCUT2D eigenvalue weighted by Gasteiger charge is 2.13. The average Bonchev–Trinajstić information content (AvgIpc) is 2.64. The predicted octanol–water partition coefficient (Wildman–Crippen LogP) is 1.77. The smallest absolute Gasteiger partial charge is 0.315 e. The summed E-state index contributed by atoms with van der Waals surface area (Å²) in [5, 5.41) is 5.79. The molecular formula is C10H8FN3O2. The number of carbonyl (C=O) groups excluding carboxylic acids is 1. The summed E-state index contributed by atoms with van der Waals surface area (Å²) < 4.78 is 17.9. The van der Waals surface area contributed by atoms with E-state index in [-0.39, 0.29) is 11.6 Å². The highest BCUT2D eigenvalue weighted by Crippen LogP contribution is 2.09. The number of aryl methyl sites for hydroxylation is 1. The first-order valence-electron chi connectivity index (χ1n) is 4.53. The van der Waals surface area contributed by atoms with Crippen molar-refractivity contribution in [1.82, 2.24) is 10.1 Å². The number of nitrogens with zero attached hydrogens (tertiary/aromatic N) is 2. The third kappa shape index (κ3) is 2.05. The lowest BCUT2D eigenvalue weighted by atomic mass is 10.2. The Morgan fingerprint density at radius 1 is 1.44 bits per heavy atom. The standard InChI is InChI=1S/C10H8FN3O2/c1-6-12-10(16-14-6)13-9(15)7-4-2-3-5-8(7)11/h2-5H,1H3,(H,12,13,14,15). The minimum Gasteiger partial charge on any atom is -0.315 e. The maximum Gasteiger partial charge on any atom is 0.328 e. The molecule has 0 aliphatic rings. The van der Waals surface area contributed by atoms with Crippen LogP contribution in [0.2, 0.25) is 0 Å². The molecule has 0 unspecified atom stereocenters. The molecule has 1 N–H and O–H groups in total. The molecule has 82 valence electrons. The lowest BCUT2D eigenvalue weighted by molar-refractivity contribution is 0.101. The molecule has 1 aromatic heterocycles. The highest BCUT2D eigenvalue weighted by molar-refractivity contribution is 6.03. The van der Waals surface area contributed by atoms with E-state index >= 15 is 0 Å². The van der Waals surface area contributed by atoms with Gasteiger partial charge in [0.05, 0.1) is 5.56 Å². The first kappa shape index (κ1) is 10.3. The Bertz CT molecular complexity index is 524. The Balaban J connectivity index is 2.18. The van der Waals surface area contributed by atoms with E-state index in [1.807, 2.05) is 0 Å². The van der Waals surface area contributed by atoms with Crippen LogP contribution < -0.4 is 5.32 Å². The van der Waals surface area contributed by atoms with Crippen LogP contribution in [-0.2, 0) is 0 Å². The number of aromatic nitrogens is 2. The van der Waals surface area contributed by atoms with Crippen LogP contribution in [0, 0.1) is 12.7 Å². The quantitative estimate of drug-likeness (QED) is 0.839. The zero-order chi connectivity index (χ0) is 11.5. The number of rotatable bonds is 2. The highest BCUT2D eigenvalue weighted by atomic mass is 19.1. The molecule has 1 amide bonds. The number of carbonyl (C=O) groups is 1. The van der Waals surface area contributed by atoms with Gasteiger partial charge in [-0.15, -0.1) is 0 Å². The van der Waals surface area contributed by atoms with Gasteiger partial charge in [-0.2, -0.15) is 4.98 Å². The summed E-state index contributed by atoms with van der Waals surface area (Å²) in [5.74, 6) is -0.832. The van der Waals surface area contributed by atoms with Crippen molar-refractivity contribution in [1.29, 1.82) is 0 Å². The monoisotopic (exact) mass is 221 g/mol. The summed E-state index contributed by atoms with van der Waals surface area (Å²) >= 11 is 0. The van der Waals surface area contributed by atoms with Gasteiger partial charge in [0, 0.05) is 0 Å². The fraction of sp³-hybridized carbons (Fsp3) is 0.100. The Labute approximate surface area is 90.3 Å². The molecule has 1 heterocycles. The van der Waals surface area contributed by atoms with Crippen molar-refractivity contribution >= 4 is 11.9 Å². The number of anilines is 1. The second kappa shape index (κ2) is 4.09. The molecule has 0 aliphatic carbocycles. The number of hydrogen-bond acceptors (Lipinski definition) is 4. The van der Waals surface area contributed by atoms with Crippen molar-refractivity contribution in [3.63, 3.8) is 0 Å². The van der Waals surface area contributed by atoms with Gasteiger partial charge < -0.3 is 4.52 Å². The molecule has 16 heavy (non-hydrogen) atoms. The lowest BCUT2D eigenvalue weighted by Crippen LogP contribution is -2.13. The van der Waals surface area contributed by atoms with Crippen molar-refractivity contribution in [2.24, 2.45) is 0 Å². The Kier molecular flexibility index (Phi) is 2.63. The lowest BCUT2D eigenvalue weighted by Gasteiger charge is -2.00. The van der Waals surface area contributed by atoms with Crippen molar-refractivity contribution in [2.45, 2.75) is 6.92 Å². The summed E-state index contributed by atoms with van der Waals surface area (Å²) in [6.07, 6.45) is 0. The SMILES string of the molecule is Cc1noc(NC(=O)c2ccccc2F)n1. The van der Waals surface area contributed by atoms with Crippen LogP contribution in [0.4, 0.5) is 10.4 Å². The number of benzene rings is 1. The van der Waals surface area contributed by atoms with E-state index in [0.29, 0.717) is 5.82 Å². The van der Waals surface area contributed by atoms with Gasteiger partial charge in [0.1, 0.15) is 5.82 Å². The van der Waals surface area contributed by atoms with Gasteiger partial charge in [-0.3, -0.25) is 10.1 Å². The summed E-state index contributed by atoms with van der Waals surface area (Å²) in [6, 6.07) is 5.59. The molecule has 0 bridgehead atoms. The van der Waals surface area contributed by atoms with Gasteiger partial charge in [-0.25, -0.2) is 4.39 Å². The van der Waals surface area contributed by atoms with Crippen LogP contribution in [-0.4, -0.2) is 16.0 Å². The van der Waals surface area contributed by atoms with Crippen molar-refractivity contribution in [3.8, 4) is 0 Å². The number of hydrogen-bond donors (Lipinski definition) is 1. The molecule has 0 radical (unpaired) electrons. The van der Waals surface area contributed by atoms with Crippen molar-refractivity contribution < 1.29 is 13.7 Å². The third-order valence-electron chi connectivity index (χ3n) is 1.87. The van der Waals surface area contributed by atoms with Crippen LogP contribution in [0.5, 0.6) is 0 Å². The van der Waals surface area contributed by atoms with Crippen LogP contribution in [0.15, 0.2) is 28.8 Å². The number of amides is 1. The summed E-state index contributed by atoms with van der Waals surface area (Å²) in [4.78, 5) is 15.3. The second-order valence-corrected chi connectivity index (χ2v) is 3.08. The van der Waals surface area contributed by atoms with Crippen LogP contribution in [0.25, 0.3) is 0 Å². The zero-order valence-corrected chi connectivity index (χ0v) is 8.40. The largest absolute Gasteiger partial charge is 0.328 e. The molecule has 2 aromatic rings. The van der Waals surface area contributed by atoms with E-state index in [2.05, 4.69) is 20.0 Å². The Morgan fingerprint density at radius 3 is 2.81 bits per heavy atom.